The molecule has 5 nitrogen and oxygen atoms in total. The molecule has 0 spiro atoms. The summed E-state index contributed by atoms with van der Waals surface area (Å²) in [6.45, 7) is 4.99. The largest absolute Gasteiger partial charge is 0.481 e. The van der Waals surface area contributed by atoms with E-state index in [1.54, 1.807) is 32.0 Å². The predicted octanol–water partition coefficient (Wildman–Crippen LogP) is 2.09. The Kier molecular flexibility index (Phi) is 5.82. The van der Waals surface area contributed by atoms with Gasteiger partial charge in [0, 0.05) is 5.02 Å². The molecule has 0 unspecified atom stereocenters. The first-order valence-corrected chi connectivity index (χ1v) is 6.54. The maximum Gasteiger partial charge on any atom is 0.328 e. The number of carbonyl (C=O) groups excluding carboxylic acids is 2. The second-order valence-electron chi connectivity index (χ2n) is 4.42. The van der Waals surface area contributed by atoms with Crippen molar-refractivity contribution in [3.05, 3.63) is 28.8 Å². The summed E-state index contributed by atoms with van der Waals surface area (Å²) in [5, 5.41) is 3.12. The zero-order valence-corrected chi connectivity index (χ0v) is 12.7. The van der Waals surface area contributed by atoms with Crippen LogP contribution in [0.15, 0.2) is 18.2 Å². The first-order chi connectivity index (χ1) is 9.35. The maximum atomic E-state index is 11.9. The lowest BCUT2D eigenvalue weighted by atomic mass is 10.2. The van der Waals surface area contributed by atoms with E-state index < -0.39 is 24.0 Å². The minimum absolute atomic E-state index is 0.391. The molecule has 0 saturated carbocycles. The zero-order chi connectivity index (χ0) is 15.3. The molecule has 20 heavy (non-hydrogen) atoms. The summed E-state index contributed by atoms with van der Waals surface area (Å²) in [5.41, 5.74) is 0.832. The lowest BCUT2D eigenvalue weighted by Crippen LogP contribution is -2.45. The zero-order valence-electron chi connectivity index (χ0n) is 11.9. The van der Waals surface area contributed by atoms with E-state index in [1.807, 2.05) is 6.92 Å². The van der Waals surface area contributed by atoms with Gasteiger partial charge in [-0.05, 0) is 44.5 Å². The third-order valence-electron chi connectivity index (χ3n) is 2.72. The average molecular weight is 300 g/mol. The molecule has 0 bridgehead atoms. The van der Waals surface area contributed by atoms with Gasteiger partial charge in [-0.1, -0.05) is 11.6 Å². The lowest BCUT2D eigenvalue weighted by Gasteiger charge is -2.18. The van der Waals surface area contributed by atoms with Crippen molar-refractivity contribution in [1.29, 1.82) is 0 Å². The molecule has 0 saturated heterocycles. The summed E-state index contributed by atoms with van der Waals surface area (Å²) in [7, 11) is 1.27. The van der Waals surface area contributed by atoms with E-state index in [4.69, 9.17) is 16.3 Å². The van der Waals surface area contributed by atoms with Crippen molar-refractivity contribution in [2.24, 2.45) is 0 Å². The second kappa shape index (κ2) is 7.14. The summed E-state index contributed by atoms with van der Waals surface area (Å²) >= 11 is 5.85. The third-order valence-corrected chi connectivity index (χ3v) is 2.96. The van der Waals surface area contributed by atoms with Crippen LogP contribution in [0.25, 0.3) is 0 Å². The molecule has 1 aromatic rings. The monoisotopic (exact) mass is 299 g/mol. The fraction of sp³-hybridized carbons (Fsp3) is 0.429. The molecule has 1 N–H and O–H groups in total. The molecule has 6 heteroatoms. The topological polar surface area (TPSA) is 64.6 Å². The highest BCUT2D eigenvalue weighted by Gasteiger charge is 2.21. The van der Waals surface area contributed by atoms with E-state index in [-0.39, 0.29) is 0 Å². The molecule has 0 fully saturated rings. The molecule has 1 amide bonds. The second-order valence-corrected chi connectivity index (χ2v) is 4.86. The van der Waals surface area contributed by atoms with Crippen LogP contribution in [0.3, 0.4) is 0 Å². The number of carbonyl (C=O) groups is 2. The van der Waals surface area contributed by atoms with Gasteiger partial charge < -0.3 is 14.8 Å². The van der Waals surface area contributed by atoms with E-state index in [1.165, 1.54) is 7.11 Å². The van der Waals surface area contributed by atoms with Gasteiger partial charge in [0.15, 0.2) is 6.10 Å². The first kappa shape index (κ1) is 16.3. The summed E-state index contributed by atoms with van der Waals surface area (Å²) in [4.78, 5) is 23.1. The van der Waals surface area contributed by atoms with E-state index in [9.17, 15) is 9.59 Å². The minimum atomic E-state index is -0.734. The van der Waals surface area contributed by atoms with Crippen LogP contribution in [-0.2, 0) is 14.3 Å². The number of esters is 1. The van der Waals surface area contributed by atoms with Gasteiger partial charge in [0.05, 0.1) is 7.11 Å². The van der Waals surface area contributed by atoms with Crippen molar-refractivity contribution in [3.63, 3.8) is 0 Å². The number of aryl methyl sites for hydroxylation is 1. The third kappa shape index (κ3) is 4.42. The molecule has 0 aliphatic carbocycles. The molecule has 0 radical (unpaired) electrons. The van der Waals surface area contributed by atoms with Crippen molar-refractivity contribution in [2.45, 2.75) is 32.9 Å². The fourth-order valence-corrected chi connectivity index (χ4v) is 1.78. The van der Waals surface area contributed by atoms with Crippen LogP contribution in [0.5, 0.6) is 5.75 Å². The molecule has 110 valence electrons. The number of rotatable bonds is 5. The van der Waals surface area contributed by atoms with Gasteiger partial charge in [-0.3, -0.25) is 4.79 Å². The normalized spacial score (nSPS) is 13.2. The molecule has 0 aromatic heterocycles. The van der Waals surface area contributed by atoms with Gasteiger partial charge in [-0.15, -0.1) is 0 Å². The average Bonchev–Trinajstić information content (AvgIpc) is 2.40. The summed E-state index contributed by atoms with van der Waals surface area (Å²) in [6.07, 6.45) is -0.734. The van der Waals surface area contributed by atoms with Crippen molar-refractivity contribution < 1.29 is 19.1 Å². The summed E-state index contributed by atoms with van der Waals surface area (Å²) < 4.78 is 10.1. The standard InChI is InChI=1S/C14H18ClNO4/c1-8-7-11(15)5-6-12(8)20-10(3)13(17)16-9(2)14(18)19-4/h5-7,9-10H,1-4H3,(H,16,17)/t9-,10+/m0/s1. The van der Waals surface area contributed by atoms with Crippen LogP contribution in [0, 0.1) is 6.92 Å². The number of methoxy groups -OCH3 is 1. The van der Waals surface area contributed by atoms with Gasteiger partial charge in [-0.25, -0.2) is 4.79 Å². The van der Waals surface area contributed by atoms with Crippen molar-refractivity contribution in [1.82, 2.24) is 5.32 Å². The number of ether oxygens (including phenoxy) is 2. The Balaban J connectivity index is 2.64. The van der Waals surface area contributed by atoms with Crippen molar-refractivity contribution in [3.8, 4) is 5.75 Å². The number of nitrogens with one attached hydrogen (secondary N) is 1. The number of halogens is 1. The number of hydrogen-bond acceptors (Lipinski definition) is 4. The molecule has 1 aromatic carbocycles. The Morgan fingerprint density at radius 1 is 1.30 bits per heavy atom. The van der Waals surface area contributed by atoms with Crippen LogP contribution in [0.2, 0.25) is 5.02 Å². The fourth-order valence-electron chi connectivity index (χ4n) is 1.56. The maximum absolute atomic E-state index is 11.9. The van der Waals surface area contributed by atoms with E-state index >= 15 is 0 Å². The Bertz CT molecular complexity index is 504. The molecule has 1 rings (SSSR count). The van der Waals surface area contributed by atoms with Gasteiger partial charge >= 0.3 is 5.97 Å². The number of amides is 1. The Morgan fingerprint density at radius 3 is 2.50 bits per heavy atom. The van der Waals surface area contributed by atoms with Crippen LogP contribution >= 0.6 is 11.6 Å². The van der Waals surface area contributed by atoms with Gasteiger partial charge in [0.1, 0.15) is 11.8 Å². The van der Waals surface area contributed by atoms with Crippen molar-refractivity contribution >= 4 is 23.5 Å². The molecule has 0 heterocycles. The van der Waals surface area contributed by atoms with E-state index in [0.717, 1.165) is 5.56 Å². The smallest absolute Gasteiger partial charge is 0.328 e. The Morgan fingerprint density at radius 2 is 1.95 bits per heavy atom. The molecule has 0 aliphatic heterocycles. The Hall–Kier alpha value is -1.75. The van der Waals surface area contributed by atoms with Crippen LogP contribution in [0.1, 0.15) is 19.4 Å². The molecule has 2 atom stereocenters. The number of benzene rings is 1. The van der Waals surface area contributed by atoms with E-state index in [0.29, 0.717) is 10.8 Å². The lowest BCUT2D eigenvalue weighted by molar-refractivity contribution is -0.145. The first-order valence-electron chi connectivity index (χ1n) is 6.16. The number of hydrogen-bond donors (Lipinski definition) is 1. The van der Waals surface area contributed by atoms with Gasteiger partial charge in [-0.2, -0.15) is 0 Å². The Labute approximate surface area is 123 Å². The molecular formula is C14H18ClNO4. The highest BCUT2D eigenvalue weighted by molar-refractivity contribution is 6.30. The van der Waals surface area contributed by atoms with Crippen LogP contribution in [0.4, 0.5) is 0 Å². The highest BCUT2D eigenvalue weighted by atomic mass is 35.5. The van der Waals surface area contributed by atoms with Gasteiger partial charge in [0.25, 0.3) is 5.91 Å². The van der Waals surface area contributed by atoms with Crippen LogP contribution in [-0.4, -0.2) is 31.1 Å². The van der Waals surface area contributed by atoms with Crippen LogP contribution < -0.4 is 10.1 Å². The summed E-state index contributed by atoms with van der Waals surface area (Å²) in [6, 6.07) is 4.42. The summed E-state index contributed by atoms with van der Waals surface area (Å²) in [5.74, 6) is -0.326. The SMILES string of the molecule is COC(=O)[C@H](C)NC(=O)[C@@H](C)Oc1ccc(Cl)cc1C. The predicted molar refractivity (Wildman–Crippen MR) is 75.9 cm³/mol. The van der Waals surface area contributed by atoms with Gasteiger partial charge in [0.2, 0.25) is 0 Å². The molecule has 0 aliphatic rings. The molecular weight excluding hydrogens is 282 g/mol. The van der Waals surface area contributed by atoms with Crippen molar-refractivity contribution in [2.75, 3.05) is 7.11 Å². The van der Waals surface area contributed by atoms with E-state index in [2.05, 4.69) is 10.1 Å². The quantitative estimate of drug-likeness (QED) is 0.846. The minimum Gasteiger partial charge on any atom is -0.481 e. The highest BCUT2D eigenvalue weighted by Crippen LogP contribution is 2.22.